The highest BCUT2D eigenvalue weighted by atomic mass is 32.1. The standard InChI is InChI=1S/C14H10N2OS3/c15-13(18)8-3-1-2-4-9(8)16-14(17)12-7-11-10(20-12)5-6-19-11/h1-7H,(H2,15,18)(H,16,17). The predicted octanol–water partition coefficient (Wildman–Crippen LogP) is 3.85. The molecular weight excluding hydrogens is 308 g/mol. The number of hydrogen-bond acceptors (Lipinski definition) is 4. The first-order chi connectivity index (χ1) is 9.65. The number of anilines is 1. The van der Waals surface area contributed by atoms with Gasteiger partial charge in [0.1, 0.15) is 4.99 Å². The molecule has 0 aliphatic heterocycles. The van der Waals surface area contributed by atoms with Gasteiger partial charge in [-0.15, -0.1) is 22.7 Å². The minimum Gasteiger partial charge on any atom is -0.389 e. The molecule has 3 nitrogen and oxygen atoms in total. The Morgan fingerprint density at radius 1 is 1.20 bits per heavy atom. The van der Waals surface area contributed by atoms with Gasteiger partial charge in [-0.1, -0.05) is 24.4 Å². The van der Waals surface area contributed by atoms with E-state index >= 15 is 0 Å². The quantitative estimate of drug-likeness (QED) is 0.721. The Labute approximate surface area is 129 Å². The number of nitrogens with one attached hydrogen (secondary N) is 1. The van der Waals surface area contributed by atoms with Crippen molar-refractivity contribution in [1.82, 2.24) is 0 Å². The van der Waals surface area contributed by atoms with Gasteiger partial charge in [-0.2, -0.15) is 0 Å². The van der Waals surface area contributed by atoms with Crippen molar-refractivity contribution in [3.05, 3.63) is 52.2 Å². The van der Waals surface area contributed by atoms with Gasteiger partial charge in [0, 0.05) is 15.0 Å². The van der Waals surface area contributed by atoms with Crippen molar-refractivity contribution in [2.24, 2.45) is 5.73 Å². The minimum absolute atomic E-state index is 0.137. The van der Waals surface area contributed by atoms with E-state index in [1.807, 2.05) is 29.6 Å². The minimum atomic E-state index is -0.137. The van der Waals surface area contributed by atoms with Crippen LogP contribution in [0.25, 0.3) is 9.40 Å². The average molecular weight is 318 g/mol. The zero-order valence-electron chi connectivity index (χ0n) is 10.3. The summed E-state index contributed by atoms with van der Waals surface area (Å²) in [6.07, 6.45) is 0. The molecule has 20 heavy (non-hydrogen) atoms. The van der Waals surface area contributed by atoms with Crippen LogP contribution in [0.4, 0.5) is 5.69 Å². The van der Waals surface area contributed by atoms with Crippen molar-refractivity contribution < 1.29 is 4.79 Å². The first-order valence-corrected chi connectivity index (χ1v) is 7.93. The number of thiophene rings is 2. The third-order valence-corrected chi connectivity index (χ3v) is 5.12. The molecule has 0 atom stereocenters. The molecule has 3 aromatic rings. The van der Waals surface area contributed by atoms with Crippen LogP contribution in [0.3, 0.4) is 0 Å². The molecule has 1 aromatic carbocycles. The maximum absolute atomic E-state index is 12.3. The highest BCUT2D eigenvalue weighted by Gasteiger charge is 2.13. The number of rotatable bonds is 3. The van der Waals surface area contributed by atoms with Gasteiger partial charge < -0.3 is 11.1 Å². The van der Waals surface area contributed by atoms with E-state index in [2.05, 4.69) is 5.32 Å². The molecule has 0 unspecified atom stereocenters. The third kappa shape index (κ3) is 2.45. The van der Waals surface area contributed by atoms with Crippen LogP contribution in [0.1, 0.15) is 15.2 Å². The molecule has 0 saturated carbocycles. The Balaban J connectivity index is 1.89. The second kappa shape index (κ2) is 5.32. The van der Waals surface area contributed by atoms with Gasteiger partial charge >= 0.3 is 0 Å². The monoisotopic (exact) mass is 318 g/mol. The zero-order chi connectivity index (χ0) is 14.1. The molecule has 0 aliphatic rings. The van der Waals surface area contributed by atoms with Gasteiger partial charge in [-0.05, 0) is 29.6 Å². The topological polar surface area (TPSA) is 55.1 Å². The van der Waals surface area contributed by atoms with E-state index in [9.17, 15) is 4.79 Å². The van der Waals surface area contributed by atoms with E-state index < -0.39 is 0 Å². The van der Waals surface area contributed by atoms with Crippen LogP contribution >= 0.6 is 34.9 Å². The van der Waals surface area contributed by atoms with E-state index in [1.165, 1.54) is 11.3 Å². The summed E-state index contributed by atoms with van der Waals surface area (Å²) in [6, 6.07) is 11.2. The average Bonchev–Trinajstić information content (AvgIpc) is 2.99. The molecule has 0 spiro atoms. The van der Waals surface area contributed by atoms with Crippen molar-refractivity contribution in [2.75, 3.05) is 5.32 Å². The number of fused-ring (bicyclic) bond motifs is 1. The number of amides is 1. The normalized spacial score (nSPS) is 10.6. The van der Waals surface area contributed by atoms with Crippen molar-refractivity contribution >= 4 is 60.9 Å². The molecule has 100 valence electrons. The summed E-state index contributed by atoms with van der Waals surface area (Å²) < 4.78 is 2.26. The first-order valence-electron chi connectivity index (χ1n) is 5.82. The second-order valence-electron chi connectivity index (χ2n) is 4.12. The number of para-hydroxylation sites is 1. The second-order valence-corrected chi connectivity index (χ2v) is 6.60. The lowest BCUT2D eigenvalue weighted by Crippen LogP contribution is -2.16. The highest BCUT2D eigenvalue weighted by molar-refractivity contribution is 7.80. The van der Waals surface area contributed by atoms with Crippen molar-refractivity contribution in [3.8, 4) is 0 Å². The Morgan fingerprint density at radius 3 is 2.75 bits per heavy atom. The van der Waals surface area contributed by atoms with Gasteiger partial charge in [0.25, 0.3) is 5.91 Å². The number of thiocarbonyl (C=S) groups is 1. The summed E-state index contributed by atoms with van der Waals surface area (Å²) in [5, 5.41) is 4.89. The van der Waals surface area contributed by atoms with Gasteiger partial charge in [0.05, 0.1) is 10.6 Å². The lowest BCUT2D eigenvalue weighted by atomic mass is 10.2. The third-order valence-electron chi connectivity index (χ3n) is 2.80. The van der Waals surface area contributed by atoms with Crippen molar-refractivity contribution in [1.29, 1.82) is 0 Å². The number of nitrogens with two attached hydrogens (primary N) is 1. The number of carbonyl (C=O) groups is 1. The summed E-state index contributed by atoms with van der Waals surface area (Å²) in [6.45, 7) is 0. The molecular formula is C14H10N2OS3. The van der Waals surface area contributed by atoms with Crippen LogP contribution in [0.2, 0.25) is 0 Å². The fraction of sp³-hybridized carbons (Fsp3) is 0. The Kier molecular flexibility index (Phi) is 3.52. The molecule has 0 radical (unpaired) electrons. The molecule has 0 bridgehead atoms. The van der Waals surface area contributed by atoms with E-state index in [1.54, 1.807) is 23.5 Å². The predicted molar refractivity (Wildman–Crippen MR) is 90.0 cm³/mol. The molecule has 3 N–H and O–H groups in total. The molecule has 6 heteroatoms. The Bertz CT molecular complexity index is 775. The summed E-state index contributed by atoms with van der Waals surface area (Å²) in [4.78, 5) is 13.2. The van der Waals surface area contributed by atoms with Crippen molar-refractivity contribution in [2.45, 2.75) is 0 Å². The Hall–Kier alpha value is -1.76. The van der Waals surface area contributed by atoms with Gasteiger partial charge in [0.15, 0.2) is 0 Å². The molecule has 2 aromatic heterocycles. The summed E-state index contributed by atoms with van der Waals surface area (Å²) in [5.74, 6) is -0.137. The molecule has 0 saturated heterocycles. The maximum Gasteiger partial charge on any atom is 0.265 e. The molecule has 3 rings (SSSR count). The van der Waals surface area contributed by atoms with Gasteiger partial charge in [-0.25, -0.2) is 0 Å². The largest absolute Gasteiger partial charge is 0.389 e. The van der Waals surface area contributed by atoms with E-state index in [0.717, 1.165) is 9.40 Å². The Morgan fingerprint density at radius 2 is 2.00 bits per heavy atom. The molecule has 1 amide bonds. The first kappa shape index (κ1) is 13.2. The van der Waals surface area contributed by atoms with E-state index in [4.69, 9.17) is 18.0 Å². The van der Waals surface area contributed by atoms with Crippen molar-refractivity contribution in [3.63, 3.8) is 0 Å². The lowest BCUT2D eigenvalue weighted by molar-refractivity contribution is 0.103. The van der Waals surface area contributed by atoms with Gasteiger partial charge in [0.2, 0.25) is 0 Å². The fourth-order valence-electron chi connectivity index (χ4n) is 1.87. The summed E-state index contributed by atoms with van der Waals surface area (Å²) in [5.41, 5.74) is 6.97. The summed E-state index contributed by atoms with van der Waals surface area (Å²) >= 11 is 8.10. The van der Waals surface area contributed by atoms with Gasteiger partial charge in [-0.3, -0.25) is 4.79 Å². The van der Waals surface area contributed by atoms with Crippen LogP contribution in [0, 0.1) is 0 Å². The molecule has 2 heterocycles. The fourth-order valence-corrected chi connectivity index (χ4v) is 4.05. The smallest absolute Gasteiger partial charge is 0.265 e. The number of carbonyl (C=O) groups excluding carboxylic acids is 1. The molecule has 0 fully saturated rings. The van der Waals surface area contributed by atoms with E-state index in [-0.39, 0.29) is 10.9 Å². The number of benzene rings is 1. The zero-order valence-corrected chi connectivity index (χ0v) is 12.7. The maximum atomic E-state index is 12.3. The van der Waals surface area contributed by atoms with E-state index in [0.29, 0.717) is 16.1 Å². The van der Waals surface area contributed by atoms with Crippen LogP contribution < -0.4 is 11.1 Å². The molecule has 0 aliphatic carbocycles. The lowest BCUT2D eigenvalue weighted by Gasteiger charge is -2.08. The summed E-state index contributed by atoms with van der Waals surface area (Å²) in [7, 11) is 0. The number of hydrogen-bond donors (Lipinski definition) is 2. The SMILES string of the molecule is NC(=S)c1ccccc1NC(=O)c1cc2sccc2s1. The van der Waals surface area contributed by atoms with Crippen LogP contribution in [0.5, 0.6) is 0 Å². The van der Waals surface area contributed by atoms with Crippen LogP contribution in [-0.2, 0) is 0 Å². The van der Waals surface area contributed by atoms with Crippen LogP contribution in [-0.4, -0.2) is 10.9 Å². The van der Waals surface area contributed by atoms with Crippen LogP contribution in [0.15, 0.2) is 41.8 Å². The highest BCUT2D eigenvalue weighted by Crippen LogP contribution is 2.30.